The number of hydrogen-bond donors (Lipinski definition) is 0. The molecule has 1 heterocycles. The lowest BCUT2D eigenvalue weighted by Gasteiger charge is -2.17. The van der Waals surface area contributed by atoms with E-state index in [9.17, 15) is 0 Å². The fourth-order valence-corrected chi connectivity index (χ4v) is 6.69. The Labute approximate surface area is 247 Å². The number of rotatable bonds is 0. The molecule has 1 fully saturated rings. The lowest BCUT2D eigenvalue weighted by molar-refractivity contribution is 0.380. The lowest BCUT2D eigenvalue weighted by atomic mass is 9.86. The van der Waals surface area contributed by atoms with E-state index >= 15 is 0 Å². The van der Waals surface area contributed by atoms with E-state index in [1.54, 1.807) is 0 Å². The van der Waals surface area contributed by atoms with Crippen molar-refractivity contribution >= 4 is 112 Å². The molecule has 162 valence electrons. The minimum absolute atomic E-state index is 0.297. The first-order valence-electron chi connectivity index (χ1n) is 10.5. The summed E-state index contributed by atoms with van der Waals surface area (Å²) in [6.07, 6.45) is 0.593. The Balaban J connectivity index is 0.000000125. The molecular formula is C28H16I4O. The van der Waals surface area contributed by atoms with Crippen molar-refractivity contribution in [2.24, 2.45) is 0 Å². The summed E-state index contributed by atoms with van der Waals surface area (Å²) < 4.78 is 11.0. The first-order chi connectivity index (χ1) is 16.0. The van der Waals surface area contributed by atoms with E-state index in [0.29, 0.717) is 12.2 Å². The fourth-order valence-electron chi connectivity index (χ4n) is 4.63. The molecule has 5 aromatic rings. The van der Waals surface area contributed by atoms with Gasteiger partial charge in [-0.15, -0.1) is 0 Å². The zero-order valence-corrected chi connectivity index (χ0v) is 25.8. The zero-order chi connectivity index (χ0) is 22.7. The first-order valence-corrected chi connectivity index (χ1v) is 14.8. The highest BCUT2D eigenvalue weighted by atomic mass is 127. The van der Waals surface area contributed by atoms with Crippen LogP contribution in [0.15, 0.2) is 84.9 Å². The predicted octanol–water partition coefficient (Wildman–Crippen LogP) is 9.89. The highest BCUT2D eigenvalue weighted by Gasteiger charge is 2.47. The minimum atomic E-state index is 0.297. The third kappa shape index (κ3) is 4.45. The molecule has 0 aromatic heterocycles. The summed E-state index contributed by atoms with van der Waals surface area (Å²) in [7, 11) is 0. The molecule has 1 saturated heterocycles. The molecule has 5 aromatic carbocycles. The number of epoxide rings is 1. The number of hydrogen-bond acceptors (Lipinski definition) is 1. The van der Waals surface area contributed by atoms with Crippen molar-refractivity contribution in [1.29, 1.82) is 0 Å². The Hall–Kier alpha value is -0.500. The molecule has 2 aliphatic rings. The van der Waals surface area contributed by atoms with E-state index in [-0.39, 0.29) is 0 Å². The van der Waals surface area contributed by atoms with Gasteiger partial charge < -0.3 is 4.74 Å². The summed E-state index contributed by atoms with van der Waals surface area (Å²) in [6.45, 7) is 0. The molecule has 33 heavy (non-hydrogen) atoms. The monoisotopic (exact) mass is 876 g/mol. The molecule has 7 rings (SSSR count). The van der Waals surface area contributed by atoms with Gasteiger partial charge >= 0.3 is 0 Å². The van der Waals surface area contributed by atoms with Gasteiger partial charge in [0.1, 0.15) is 12.2 Å². The first kappa shape index (κ1) is 22.9. The molecule has 0 saturated carbocycles. The zero-order valence-electron chi connectivity index (χ0n) is 17.2. The standard InChI is InChI=1S/C14H8I2O.C14H8I2/c15-7-1-3-9-10-4-2-8(16)6-12(10)14-13(17-14)11(9)5-7;15-11-3-5-13-9(7-11)1-2-10-8-12(16)4-6-14(10)13/h1-6,13-14H;1-8H. The van der Waals surface area contributed by atoms with Crippen LogP contribution in [0, 0.1) is 14.3 Å². The highest BCUT2D eigenvalue weighted by Crippen LogP contribution is 2.59. The average molecular weight is 876 g/mol. The maximum Gasteiger partial charge on any atom is 0.114 e. The summed E-state index contributed by atoms with van der Waals surface area (Å²) in [5.41, 5.74) is 5.40. The van der Waals surface area contributed by atoms with Gasteiger partial charge in [0, 0.05) is 14.3 Å². The second-order valence-corrected chi connectivity index (χ2v) is 13.2. The van der Waals surface area contributed by atoms with E-state index in [2.05, 4.69) is 175 Å². The van der Waals surface area contributed by atoms with Crippen molar-refractivity contribution in [3.05, 3.63) is 110 Å². The van der Waals surface area contributed by atoms with Crippen molar-refractivity contribution < 1.29 is 4.74 Å². The molecular weight excluding hydrogens is 860 g/mol. The summed E-state index contributed by atoms with van der Waals surface area (Å²) in [5, 5.41) is 5.32. The molecule has 5 heteroatoms. The topological polar surface area (TPSA) is 12.5 Å². The van der Waals surface area contributed by atoms with Crippen LogP contribution in [0.3, 0.4) is 0 Å². The quantitative estimate of drug-likeness (QED) is 0.0859. The third-order valence-electron chi connectivity index (χ3n) is 6.18. The van der Waals surface area contributed by atoms with Crippen molar-refractivity contribution in [2.45, 2.75) is 12.2 Å². The minimum Gasteiger partial charge on any atom is -0.359 e. The highest BCUT2D eigenvalue weighted by molar-refractivity contribution is 14.1. The van der Waals surface area contributed by atoms with Gasteiger partial charge in [0.05, 0.1) is 0 Å². The van der Waals surface area contributed by atoms with Crippen LogP contribution in [-0.4, -0.2) is 0 Å². The van der Waals surface area contributed by atoms with Gasteiger partial charge in [0.15, 0.2) is 0 Å². The normalized spacial score (nSPS) is 17.6. The Morgan fingerprint density at radius 2 is 0.848 bits per heavy atom. The van der Waals surface area contributed by atoms with Crippen LogP contribution < -0.4 is 0 Å². The molecule has 0 radical (unpaired) electrons. The van der Waals surface area contributed by atoms with Crippen LogP contribution in [-0.2, 0) is 4.74 Å². The molecule has 0 amide bonds. The number of benzene rings is 5. The molecule has 1 aliphatic carbocycles. The average Bonchev–Trinajstić information content (AvgIpc) is 3.61. The van der Waals surface area contributed by atoms with E-state index in [0.717, 1.165) is 0 Å². The number of halogens is 4. The van der Waals surface area contributed by atoms with Crippen LogP contribution in [0.2, 0.25) is 0 Å². The molecule has 0 bridgehead atoms. The maximum absolute atomic E-state index is 5.83. The van der Waals surface area contributed by atoms with Crippen molar-refractivity contribution in [2.75, 3.05) is 0 Å². The summed E-state index contributed by atoms with van der Waals surface area (Å²) in [5.74, 6) is 0. The van der Waals surface area contributed by atoms with Gasteiger partial charge in [-0.1, -0.05) is 36.4 Å². The molecule has 2 atom stereocenters. The second-order valence-electron chi connectivity index (χ2n) is 8.24. The van der Waals surface area contributed by atoms with Gasteiger partial charge in [0.25, 0.3) is 0 Å². The van der Waals surface area contributed by atoms with Crippen molar-refractivity contribution in [3.63, 3.8) is 0 Å². The van der Waals surface area contributed by atoms with Crippen molar-refractivity contribution in [3.8, 4) is 11.1 Å². The van der Waals surface area contributed by atoms with E-state index in [1.165, 1.54) is 58.1 Å². The van der Waals surface area contributed by atoms with Gasteiger partial charge in [-0.25, -0.2) is 0 Å². The molecule has 2 unspecified atom stereocenters. The van der Waals surface area contributed by atoms with E-state index < -0.39 is 0 Å². The Morgan fingerprint density at radius 3 is 1.30 bits per heavy atom. The lowest BCUT2D eigenvalue weighted by Crippen LogP contribution is -2.00. The van der Waals surface area contributed by atoms with Crippen LogP contribution in [0.1, 0.15) is 23.3 Å². The summed E-state index contributed by atoms with van der Waals surface area (Å²) in [6, 6.07) is 30.9. The van der Waals surface area contributed by atoms with Crippen LogP contribution >= 0.6 is 90.4 Å². The summed E-state index contributed by atoms with van der Waals surface area (Å²) >= 11 is 9.44. The smallest absolute Gasteiger partial charge is 0.114 e. The summed E-state index contributed by atoms with van der Waals surface area (Å²) in [4.78, 5) is 0. The van der Waals surface area contributed by atoms with Gasteiger partial charge in [-0.2, -0.15) is 0 Å². The predicted molar refractivity (Wildman–Crippen MR) is 171 cm³/mol. The number of fused-ring (bicyclic) bond motifs is 9. The molecule has 0 spiro atoms. The van der Waals surface area contributed by atoms with Crippen LogP contribution in [0.25, 0.3) is 32.7 Å². The van der Waals surface area contributed by atoms with E-state index in [1.807, 2.05) is 0 Å². The Morgan fingerprint density at radius 1 is 0.455 bits per heavy atom. The van der Waals surface area contributed by atoms with Crippen LogP contribution in [0.5, 0.6) is 0 Å². The SMILES string of the molecule is Ic1ccc2c(c1)C1OC1c1cc(I)ccc1-2.Ic1ccc2c(ccc3cc(I)ccc32)c1. The molecule has 0 N–H and O–H groups in total. The van der Waals surface area contributed by atoms with Gasteiger partial charge in [-0.3, -0.25) is 0 Å². The maximum atomic E-state index is 5.83. The van der Waals surface area contributed by atoms with Crippen LogP contribution in [0.4, 0.5) is 0 Å². The largest absolute Gasteiger partial charge is 0.359 e. The molecule has 1 aliphatic heterocycles. The van der Waals surface area contributed by atoms with Gasteiger partial charge in [-0.05, 0) is 183 Å². The Bertz CT molecular complexity index is 1440. The second kappa shape index (κ2) is 9.18. The van der Waals surface area contributed by atoms with Gasteiger partial charge in [0.2, 0.25) is 0 Å². The number of ether oxygens (including phenoxy) is 1. The Kier molecular flexibility index (Phi) is 6.38. The van der Waals surface area contributed by atoms with Crippen molar-refractivity contribution in [1.82, 2.24) is 0 Å². The van der Waals surface area contributed by atoms with E-state index in [4.69, 9.17) is 4.74 Å². The third-order valence-corrected chi connectivity index (χ3v) is 8.87. The fraction of sp³-hybridized carbons (Fsp3) is 0.0714. The molecule has 1 nitrogen and oxygen atoms in total.